The second-order valence-electron chi connectivity index (χ2n) is 7.38. The van der Waals surface area contributed by atoms with Crippen LogP contribution in [0.2, 0.25) is 0 Å². The molecule has 1 aromatic rings. The molecule has 23 heavy (non-hydrogen) atoms. The molecule has 2 N–H and O–H groups in total. The minimum absolute atomic E-state index is 0.0426. The number of aliphatic hydroxyl groups is 2. The highest BCUT2D eigenvalue weighted by Crippen LogP contribution is 2.58. The van der Waals surface area contributed by atoms with Gasteiger partial charge in [0.2, 0.25) is 0 Å². The van der Waals surface area contributed by atoms with E-state index in [0.29, 0.717) is 12.3 Å². The van der Waals surface area contributed by atoms with Gasteiger partial charge < -0.3 is 10.2 Å². The highest BCUT2D eigenvalue weighted by molar-refractivity contribution is 6.23. The molecule has 3 aliphatic carbocycles. The number of carbonyl (C=O) groups is 1. The monoisotopic (exact) mass is 312 g/mol. The summed E-state index contributed by atoms with van der Waals surface area (Å²) in [5, 5.41) is 19.9. The SMILES string of the molecule is CCC12CC(=O)C3=C(CCc4cc(CO)ccc43)C1CCC2O. The summed E-state index contributed by atoms with van der Waals surface area (Å²) < 4.78 is 0. The first-order chi connectivity index (χ1) is 11.1. The molecule has 0 spiro atoms. The van der Waals surface area contributed by atoms with Crippen LogP contribution in [0.5, 0.6) is 0 Å². The third-order valence-electron chi connectivity index (χ3n) is 6.54. The Hall–Kier alpha value is -1.45. The lowest BCUT2D eigenvalue weighted by molar-refractivity contribution is -0.119. The van der Waals surface area contributed by atoms with Crippen LogP contribution in [0.1, 0.15) is 55.7 Å². The molecule has 1 saturated carbocycles. The Morgan fingerprint density at radius 2 is 2.09 bits per heavy atom. The Balaban J connectivity index is 1.86. The van der Waals surface area contributed by atoms with E-state index in [-0.39, 0.29) is 23.9 Å². The fourth-order valence-corrected chi connectivity index (χ4v) is 5.33. The van der Waals surface area contributed by atoms with Crippen LogP contribution in [0.3, 0.4) is 0 Å². The van der Waals surface area contributed by atoms with Crippen LogP contribution in [0, 0.1) is 11.3 Å². The van der Waals surface area contributed by atoms with E-state index in [1.165, 1.54) is 11.1 Å². The number of ketones is 1. The minimum Gasteiger partial charge on any atom is -0.393 e. The van der Waals surface area contributed by atoms with Crippen molar-refractivity contribution < 1.29 is 15.0 Å². The number of allylic oxidation sites excluding steroid dienone is 2. The van der Waals surface area contributed by atoms with Crippen LogP contribution < -0.4 is 0 Å². The van der Waals surface area contributed by atoms with Crippen LogP contribution in [0.4, 0.5) is 0 Å². The zero-order chi connectivity index (χ0) is 16.2. The molecule has 0 heterocycles. The van der Waals surface area contributed by atoms with Gasteiger partial charge in [0.05, 0.1) is 12.7 Å². The molecule has 0 amide bonds. The molecule has 122 valence electrons. The van der Waals surface area contributed by atoms with E-state index in [4.69, 9.17) is 0 Å². The Kier molecular flexibility index (Phi) is 3.47. The second kappa shape index (κ2) is 5.29. The zero-order valence-electron chi connectivity index (χ0n) is 13.6. The normalized spacial score (nSPS) is 32.6. The summed E-state index contributed by atoms with van der Waals surface area (Å²) in [6, 6.07) is 5.97. The van der Waals surface area contributed by atoms with E-state index < -0.39 is 0 Å². The predicted octanol–water partition coefficient (Wildman–Crippen LogP) is 3.02. The first-order valence-electron chi connectivity index (χ1n) is 8.78. The summed E-state index contributed by atoms with van der Waals surface area (Å²) >= 11 is 0. The molecule has 0 radical (unpaired) electrons. The van der Waals surface area contributed by atoms with E-state index in [1.54, 1.807) is 0 Å². The van der Waals surface area contributed by atoms with Crippen molar-refractivity contribution in [3.8, 4) is 0 Å². The lowest BCUT2D eigenvalue weighted by Gasteiger charge is -2.44. The minimum atomic E-state index is -0.339. The molecule has 0 bridgehead atoms. The molecule has 4 rings (SSSR count). The van der Waals surface area contributed by atoms with Crippen molar-refractivity contribution in [1.29, 1.82) is 0 Å². The number of hydrogen-bond acceptors (Lipinski definition) is 3. The van der Waals surface area contributed by atoms with Gasteiger partial charge in [-0.2, -0.15) is 0 Å². The summed E-state index contributed by atoms with van der Waals surface area (Å²) in [7, 11) is 0. The Morgan fingerprint density at radius 1 is 1.26 bits per heavy atom. The quantitative estimate of drug-likeness (QED) is 0.882. The number of benzene rings is 1. The molecule has 0 aliphatic heterocycles. The fourth-order valence-electron chi connectivity index (χ4n) is 5.33. The molecule has 3 atom stereocenters. The van der Waals surface area contributed by atoms with Gasteiger partial charge in [0.15, 0.2) is 5.78 Å². The van der Waals surface area contributed by atoms with Gasteiger partial charge in [0, 0.05) is 17.4 Å². The van der Waals surface area contributed by atoms with E-state index in [0.717, 1.165) is 48.8 Å². The van der Waals surface area contributed by atoms with Crippen LogP contribution in [-0.4, -0.2) is 22.1 Å². The third-order valence-corrected chi connectivity index (χ3v) is 6.54. The molecule has 1 aromatic carbocycles. The topological polar surface area (TPSA) is 57.5 Å². The van der Waals surface area contributed by atoms with Crippen LogP contribution in [-0.2, 0) is 17.8 Å². The molecule has 0 aromatic heterocycles. The average Bonchev–Trinajstić information content (AvgIpc) is 2.91. The van der Waals surface area contributed by atoms with Gasteiger partial charge >= 0.3 is 0 Å². The summed E-state index contributed by atoms with van der Waals surface area (Å²) in [5.74, 6) is 0.567. The maximum atomic E-state index is 13.0. The Bertz CT molecular complexity index is 703. The third kappa shape index (κ3) is 1.99. The lowest BCUT2D eigenvalue weighted by Crippen LogP contribution is -2.42. The zero-order valence-corrected chi connectivity index (χ0v) is 13.6. The fraction of sp³-hybridized carbons (Fsp3) is 0.550. The second-order valence-corrected chi connectivity index (χ2v) is 7.38. The number of aryl methyl sites for hydroxylation is 1. The largest absolute Gasteiger partial charge is 0.393 e. The van der Waals surface area contributed by atoms with Gasteiger partial charge in [-0.25, -0.2) is 0 Å². The van der Waals surface area contributed by atoms with Crippen molar-refractivity contribution in [2.75, 3.05) is 0 Å². The van der Waals surface area contributed by atoms with E-state index in [9.17, 15) is 15.0 Å². The lowest BCUT2D eigenvalue weighted by atomic mass is 9.60. The van der Waals surface area contributed by atoms with Crippen molar-refractivity contribution in [1.82, 2.24) is 0 Å². The van der Waals surface area contributed by atoms with Gasteiger partial charge in [0.25, 0.3) is 0 Å². The van der Waals surface area contributed by atoms with Crippen molar-refractivity contribution in [2.45, 2.75) is 58.2 Å². The molecular formula is C20H24O3. The number of aliphatic hydroxyl groups excluding tert-OH is 2. The summed E-state index contributed by atoms with van der Waals surface area (Å²) in [5.41, 5.74) is 5.17. The first-order valence-corrected chi connectivity index (χ1v) is 8.78. The highest BCUT2D eigenvalue weighted by Gasteiger charge is 2.54. The van der Waals surface area contributed by atoms with Gasteiger partial charge in [-0.1, -0.05) is 30.7 Å². The Labute approximate surface area is 137 Å². The number of rotatable bonds is 2. The first kappa shape index (κ1) is 15.1. The predicted molar refractivity (Wildman–Crippen MR) is 88.7 cm³/mol. The van der Waals surface area contributed by atoms with Gasteiger partial charge in [-0.3, -0.25) is 4.79 Å². The summed E-state index contributed by atoms with van der Waals surface area (Å²) in [6.45, 7) is 2.16. The van der Waals surface area contributed by atoms with E-state index in [1.807, 2.05) is 18.2 Å². The number of fused-ring (bicyclic) bond motifs is 4. The average molecular weight is 312 g/mol. The molecule has 3 nitrogen and oxygen atoms in total. The number of Topliss-reactive ketones (excluding diaryl/α,β-unsaturated/α-hetero) is 1. The summed E-state index contributed by atoms with van der Waals surface area (Å²) in [6.07, 6.45) is 4.69. The van der Waals surface area contributed by atoms with Crippen molar-refractivity contribution in [2.24, 2.45) is 11.3 Å². The van der Waals surface area contributed by atoms with E-state index in [2.05, 4.69) is 6.92 Å². The van der Waals surface area contributed by atoms with Crippen LogP contribution >= 0.6 is 0 Å². The van der Waals surface area contributed by atoms with E-state index >= 15 is 0 Å². The number of carbonyl (C=O) groups excluding carboxylic acids is 1. The van der Waals surface area contributed by atoms with Crippen LogP contribution in [0.25, 0.3) is 5.57 Å². The van der Waals surface area contributed by atoms with Gasteiger partial charge in [-0.05, 0) is 54.7 Å². The van der Waals surface area contributed by atoms with Gasteiger partial charge in [0.1, 0.15) is 0 Å². The molecule has 0 saturated heterocycles. The summed E-state index contributed by atoms with van der Waals surface area (Å²) in [4.78, 5) is 13.0. The maximum Gasteiger partial charge on any atom is 0.164 e. The molecule has 3 aliphatic rings. The molecular weight excluding hydrogens is 288 g/mol. The van der Waals surface area contributed by atoms with Crippen molar-refractivity contribution in [3.63, 3.8) is 0 Å². The number of hydrogen-bond donors (Lipinski definition) is 2. The Morgan fingerprint density at radius 3 is 2.83 bits per heavy atom. The van der Waals surface area contributed by atoms with Gasteiger partial charge in [-0.15, -0.1) is 0 Å². The van der Waals surface area contributed by atoms with Crippen molar-refractivity contribution in [3.05, 3.63) is 40.5 Å². The maximum absolute atomic E-state index is 13.0. The molecule has 3 heteroatoms. The standard InChI is InChI=1S/C20H24O3/c1-2-20-10-17(22)19-14-5-3-12(11-21)9-13(14)4-6-15(19)16(20)7-8-18(20)23/h3,5,9,16,18,21,23H,2,4,6-8,10-11H2,1H3. The smallest absolute Gasteiger partial charge is 0.164 e. The highest BCUT2D eigenvalue weighted by atomic mass is 16.3. The molecule has 1 fully saturated rings. The van der Waals surface area contributed by atoms with Crippen LogP contribution in [0.15, 0.2) is 23.8 Å². The van der Waals surface area contributed by atoms with Crippen molar-refractivity contribution >= 4 is 11.4 Å². The molecule has 3 unspecified atom stereocenters.